The predicted octanol–water partition coefficient (Wildman–Crippen LogP) is 8.90. The lowest BCUT2D eigenvalue weighted by Crippen LogP contribution is -2.39. The maximum atomic E-state index is 13.4. The summed E-state index contributed by atoms with van der Waals surface area (Å²) in [5, 5.41) is 11.0. The smallest absolute Gasteiger partial charge is 0.311 e. The fourth-order valence-electron chi connectivity index (χ4n) is 5.49. The first-order valence-corrected chi connectivity index (χ1v) is 16.3. The molecule has 4 atom stereocenters. The van der Waals surface area contributed by atoms with Crippen LogP contribution in [0.3, 0.4) is 0 Å². The van der Waals surface area contributed by atoms with Crippen molar-refractivity contribution < 1.29 is 24.1 Å². The van der Waals surface area contributed by atoms with Crippen molar-refractivity contribution in [2.24, 2.45) is 5.92 Å². The second-order valence-corrected chi connectivity index (χ2v) is 11.5. The molecule has 1 saturated heterocycles. The first kappa shape index (κ1) is 33.8. The summed E-state index contributed by atoms with van der Waals surface area (Å²) < 4.78 is 18.2. The molecular weight excluding hydrogens is 488 g/mol. The van der Waals surface area contributed by atoms with Crippen LogP contribution in [-0.2, 0) is 25.6 Å². The van der Waals surface area contributed by atoms with Gasteiger partial charge in [-0.2, -0.15) is 0 Å². The molecule has 39 heavy (non-hydrogen) atoms. The van der Waals surface area contributed by atoms with Gasteiger partial charge in [0.2, 0.25) is 0 Å². The van der Waals surface area contributed by atoms with Crippen LogP contribution in [0.25, 0.3) is 0 Å². The summed E-state index contributed by atoms with van der Waals surface area (Å²) in [4.78, 5) is 13.4. The van der Waals surface area contributed by atoms with Crippen LogP contribution in [0, 0.1) is 5.92 Å². The maximum Gasteiger partial charge on any atom is 0.311 e. The van der Waals surface area contributed by atoms with Crippen LogP contribution in [0.2, 0.25) is 0 Å². The zero-order valence-electron chi connectivity index (χ0n) is 25.1. The Morgan fingerprint density at radius 2 is 1.49 bits per heavy atom. The zero-order chi connectivity index (χ0) is 28.0. The lowest BCUT2D eigenvalue weighted by atomic mass is 9.90. The van der Waals surface area contributed by atoms with Crippen molar-refractivity contribution in [1.82, 2.24) is 0 Å². The van der Waals surface area contributed by atoms with E-state index in [4.69, 9.17) is 14.2 Å². The molecule has 1 fully saturated rings. The number of unbranched alkanes of at least 4 members (excludes halogenated alkanes) is 11. The van der Waals surface area contributed by atoms with Crippen molar-refractivity contribution in [1.29, 1.82) is 0 Å². The predicted molar refractivity (Wildman–Crippen MR) is 159 cm³/mol. The van der Waals surface area contributed by atoms with Gasteiger partial charge in [-0.25, -0.2) is 0 Å². The van der Waals surface area contributed by atoms with E-state index in [-0.39, 0.29) is 18.9 Å². The SMILES string of the molecule is CCCCCCCCCCC[C@@H](O)C[C@H](OC1CCCCO1)[C@H](CCCCCC)C(=O)OCc1ccccc1. The van der Waals surface area contributed by atoms with Gasteiger partial charge < -0.3 is 19.3 Å². The van der Waals surface area contributed by atoms with Gasteiger partial charge in [0, 0.05) is 13.0 Å². The lowest BCUT2D eigenvalue weighted by Gasteiger charge is -2.33. The van der Waals surface area contributed by atoms with E-state index in [1.807, 2.05) is 30.3 Å². The largest absolute Gasteiger partial charge is 0.461 e. The molecule has 1 aliphatic rings. The van der Waals surface area contributed by atoms with Crippen LogP contribution in [0.15, 0.2) is 30.3 Å². The van der Waals surface area contributed by atoms with E-state index in [0.29, 0.717) is 13.0 Å². The minimum atomic E-state index is -0.483. The van der Waals surface area contributed by atoms with Gasteiger partial charge >= 0.3 is 5.97 Å². The lowest BCUT2D eigenvalue weighted by molar-refractivity contribution is -0.209. The molecule has 0 aromatic heterocycles. The average molecular weight is 547 g/mol. The third kappa shape index (κ3) is 15.8. The van der Waals surface area contributed by atoms with Gasteiger partial charge in [-0.15, -0.1) is 0 Å². The van der Waals surface area contributed by atoms with Crippen LogP contribution in [0.5, 0.6) is 0 Å². The molecule has 0 saturated carbocycles. The normalized spacial score (nSPS) is 18.0. The number of hydrogen-bond donors (Lipinski definition) is 1. The molecule has 0 amide bonds. The molecule has 1 aromatic rings. The van der Waals surface area contributed by atoms with Gasteiger partial charge in [-0.1, -0.05) is 128 Å². The fourth-order valence-corrected chi connectivity index (χ4v) is 5.49. The minimum Gasteiger partial charge on any atom is -0.461 e. The number of benzene rings is 1. The van der Waals surface area contributed by atoms with E-state index in [1.54, 1.807) is 0 Å². The van der Waals surface area contributed by atoms with Crippen LogP contribution in [-0.4, -0.2) is 36.2 Å². The Morgan fingerprint density at radius 1 is 0.872 bits per heavy atom. The number of esters is 1. The van der Waals surface area contributed by atoms with Crippen molar-refractivity contribution in [3.05, 3.63) is 35.9 Å². The number of aliphatic hydroxyl groups is 1. The van der Waals surface area contributed by atoms with Crippen molar-refractivity contribution in [3.63, 3.8) is 0 Å². The number of carbonyl (C=O) groups excluding carboxylic acids is 1. The highest BCUT2D eigenvalue weighted by Crippen LogP contribution is 2.28. The first-order chi connectivity index (χ1) is 19.1. The number of carbonyl (C=O) groups is 1. The fraction of sp³-hybridized carbons (Fsp3) is 0.794. The summed E-state index contributed by atoms with van der Waals surface area (Å²) in [6.07, 6.45) is 19.4. The number of rotatable bonds is 23. The monoisotopic (exact) mass is 546 g/mol. The Kier molecular flexibility index (Phi) is 19.3. The number of ether oxygens (including phenoxy) is 3. The van der Waals surface area contributed by atoms with Gasteiger partial charge in [0.1, 0.15) is 6.61 Å². The van der Waals surface area contributed by atoms with Crippen LogP contribution in [0.4, 0.5) is 0 Å². The summed E-state index contributed by atoms with van der Waals surface area (Å²) in [6.45, 7) is 5.41. The highest BCUT2D eigenvalue weighted by atomic mass is 16.7. The van der Waals surface area contributed by atoms with Gasteiger partial charge in [0.25, 0.3) is 0 Å². The third-order valence-electron chi connectivity index (χ3n) is 7.95. The Morgan fingerprint density at radius 3 is 2.13 bits per heavy atom. The second-order valence-electron chi connectivity index (χ2n) is 11.5. The molecule has 0 radical (unpaired) electrons. The molecule has 2 rings (SSSR count). The molecule has 1 unspecified atom stereocenters. The van der Waals surface area contributed by atoms with Crippen molar-refractivity contribution in [2.75, 3.05) is 6.61 Å². The van der Waals surface area contributed by atoms with E-state index >= 15 is 0 Å². The quantitative estimate of drug-likeness (QED) is 0.110. The van der Waals surface area contributed by atoms with Crippen molar-refractivity contribution in [2.45, 2.75) is 161 Å². The standard InChI is InChI=1S/C34H58O5/c1-3-5-7-9-10-11-12-13-17-23-30(35)27-32(39-33-25-19-20-26-37-33)31(24-18-8-6-4-2)34(36)38-28-29-21-15-14-16-22-29/h14-16,21-22,30-33,35H,3-13,17-20,23-28H2,1-2H3/t30-,31+,32+,33?/m1/s1. The Hall–Kier alpha value is -1.43. The second kappa shape index (κ2) is 22.3. The van der Waals surface area contributed by atoms with E-state index in [2.05, 4.69) is 13.8 Å². The highest BCUT2D eigenvalue weighted by molar-refractivity contribution is 5.73. The zero-order valence-corrected chi connectivity index (χ0v) is 25.1. The topological polar surface area (TPSA) is 65.0 Å². The molecule has 224 valence electrons. The average Bonchev–Trinajstić information content (AvgIpc) is 2.96. The molecule has 1 aliphatic heterocycles. The third-order valence-corrected chi connectivity index (χ3v) is 7.95. The first-order valence-electron chi connectivity index (χ1n) is 16.3. The van der Waals surface area contributed by atoms with E-state index in [0.717, 1.165) is 76.2 Å². The number of aliphatic hydroxyl groups excluding tert-OH is 1. The van der Waals surface area contributed by atoms with Gasteiger partial charge in [0.05, 0.1) is 18.1 Å². The molecule has 1 aromatic carbocycles. The summed E-state index contributed by atoms with van der Waals surface area (Å²) in [5.74, 6) is -0.611. The van der Waals surface area contributed by atoms with Crippen LogP contribution >= 0.6 is 0 Å². The maximum absolute atomic E-state index is 13.4. The molecular formula is C34H58O5. The van der Waals surface area contributed by atoms with E-state index in [9.17, 15) is 9.90 Å². The summed E-state index contributed by atoms with van der Waals surface area (Å²) >= 11 is 0. The van der Waals surface area contributed by atoms with Crippen LogP contribution in [0.1, 0.15) is 141 Å². The Balaban J connectivity index is 1.93. The summed E-state index contributed by atoms with van der Waals surface area (Å²) in [5.41, 5.74) is 0.981. The highest BCUT2D eigenvalue weighted by Gasteiger charge is 2.34. The summed E-state index contributed by atoms with van der Waals surface area (Å²) in [7, 11) is 0. The molecule has 0 bridgehead atoms. The molecule has 1 N–H and O–H groups in total. The molecule has 1 heterocycles. The van der Waals surface area contributed by atoms with Crippen LogP contribution < -0.4 is 0 Å². The molecule has 0 aliphatic carbocycles. The molecule has 5 heteroatoms. The summed E-state index contributed by atoms with van der Waals surface area (Å²) in [6, 6.07) is 9.83. The van der Waals surface area contributed by atoms with E-state index in [1.165, 1.54) is 44.9 Å². The van der Waals surface area contributed by atoms with Crippen molar-refractivity contribution >= 4 is 5.97 Å². The Labute approximate surface area is 239 Å². The van der Waals surface area contributed by atoms with E-state index < -0.39 is 18.1 Å². The van der Waals surface area contributed by atoms with Gasteiger partial charge in [-0.05, 0) is 37.7 Å². The number of hydrogen-bond acceptors (Lipinski definition) is 5. The van der Waals surface area contributed by atoms with Gasteiger partial charge in [0.15, 0.2) is 6.29 Å². The Bertz CT molecular complexity index is 703. The molecule has 5 nitrogen and oxygen atoms in total. The van der Waals surface area contributed by atoms with Crippen molar-refractivity contribution in [3.8, 4) is 0 Å². The molecule has 0 spiro atoms. The minimum absolute atomic E-state index is 0.216. The van der Waals surface area contributed by atoms with Gasteiger partial charge in [-0.3, -0.25) is 4.79 Å².